The Bertz CT molecular complexity index is 30.6. The van der Waals surface area contributed by atoms with Gasteiger partial charge in [-0.05, 0) is 6.40 Å². The Morgan fingerprint density at radius 3 is 2.25 bits per heavy atom. The maximum absolute atomic E-state index is 6.83. The molecule has 0 heteroatoms. The Balaban J connectivity index is 2.08. The highest BCUT2D eigenvalue weighted by Gasteiger charge is 1.95. The highest BCUT2D eigenvalue weighted by Crippen LogP contribution is 2.13. The quantitative estimate of drug-likeness (QED) is 0.393. The van der Waals surface area contributed by atoms with Crippen LogP contribution in [0.15, 0.2) is 0 Å². The Kier molecular flexibility index (Phi) is 0.270. The van der Waals surface area contributed by atoms with Gasteiger partial charge >= 0.3 is 0 Å². The third-order valence-electron chi connectivity index (χ3n) is 0.707. The van der Waals surface area contributed by atoms with Crippen molar-refractivity contribution < 1.29 is 1.37 Å². The van der Waals surface area contributed by atoms with Gasteiger partial charge in [-0.25, -0.2) is 0 Å². The molecule has 4 heavy (non-hydrogen) atoms. The lowest BCUT2D eigenvalue weighted by Gasteiger charge is -2.05. The summed E-state index contributed by atoms with van der Waals surface area (Å²) in [4.78, 5) is 0. The van der Waals surface area contributed by atoms with Gasteiger partial charge in [-0.1, -0.05) is 19.3 Å². The molecule has 1 aliphatic rings. The van der Waals surface area contributed by atoms with E-state index < -0.39 is 0 Å². The standard InChI is InChI=1S/C4H7/c1-2-4-3-1/h1H,2-4H2/i1D. The number of rotatable bonds is 0. The molecule has 1 radical (unpaired) electrons. The molecule has 0 N–H and O–H groups in total. The van der Waals surface area contributed by atoms with Crippen molar-refractivity contribution in [1.29, 1.82) is 0 Å². The largest absolute Gasteiger partial charge is 0.0528 e. The summed E-state index contributed by atoms with van der Waals surface area (Å²) in [5, 5.41) is 0. The van der Waals surface area contributed by atoms with Crippen molar-refractivity contribution in [2.24, 2.45) is 0 Å². The Morgan fingerprint density at radius 2 is 2.25 bits per heavy atom. The minimum Gasteiger partial charge on any atom is -0.0528 e. The predicted octanol–water partition coefficient (Wildman–Crippen LogP) is 1.37. The molecule has 0 heterocycles. The molecule has 0 aromatic rings. The van der Waals surface area contributed by atoms with E-state index in [1.54, 1.807) is 0 Å². The first-order chi connectivity index (χ1) is 2.39. The van der Waals surface area contributed by atoms with E-state index in [0.29, 0.717) is 0 Å². The highest BCUT2D eigenvalue weighted by atomic mass is 14.0. The lowest BCUT2D eigenvalue weighted by molar-refractivity contribution is 0.652. The normalized spacial score (nSPS) is 32.5. The van der Waals surface area contributed by atoms with Crippen LogP contribution in [0.2, 0.25) is 0 Å². The fourth-order valence-electron chi connectivity index (χ4n) is 0.177. The predicted molar refractivity (Wildman–Crippen MR) is 18.2 cm³/mol. The molecular weight excluding hydrogens is 48.0 g/mol. The second kappa shape index (κ2) is 0.750. The molecule has 0 saturated heterocycles. The van der Waals surface area contributed by atoms with Gasteiger partial charge in [0.25, 0.3) is 0 Å². The highest BCUT2D eigenvalue weighted by molar-refractivity contribution is 4.74. The van der Waals surface area contributed by atoms with Gasteiger partial charge in [-0.15, -0.1) is 0 Å². The van der Waals surface area contributed by atoms with Crippen LogP contribution in [0.25, 0.3) is 0 Å². The lowest BCUT2D eigenvalue weighted by Crippen LogP contribution is -1.87. The van der Waals surface area contributed by atoms with E-state index in [9.17, 15) is 0 Å². The first-order valence-electron chi connectivity index (χ1n) is 2.21. The molecule has 0 atom stereocenters. The maximum Gasteiger partial charge on any atom is 0.0306 e. The molecule has 0 aliphatic heterocycles. The van der Waals surface area contributed by atoms with Gasteiger partial charge in [0.15, 0.2) is 0 Å². The fourth-order valence-corrected chi connectivity index (χ4v) is 0.177. The van der Waals surface area contributed by atoms with Gasteiger partial charge in [0.05, 0.1) is 0 Å². The summed E-state index contributed by atoms with van der Waals surface area (Å²) in [7, 11) is 0. The third kappa shape index (κ3) is 0.125. The van der Waals surface area contributed by atoms with Crippen LogP contribution in [0.4, 0.5) is 0 Å². The molecular formula is C4H7. The van der Waals surface area contributed by atoms with Crippen molar-refractivity contribution in [3.8, 4) is 0 Å². The molecule has 1 fully saturated rings. The van der Waals surface area contributed by atoms with Crippen LogP contribution < -0.4 is 0 Å². The molecule has 0 aromatic heterocycles. The van der Waals surface area contributed by atoms with Crippen LogP contribution in [0.1, 0.15) is 20.6 Å². The molecule has 0 nitrogen and oxygen atoms in total. The lowest BCUT2D eigenvalue weighted by atomic mass is 10.0. The summed E-state index contributed by atoms with van der Waals surface area (Å²) >= 11 is 0. The molecule has 0 aromatic carbocycles. The molecule has 0 bridgehead atoms. The van der Waals surface area contributed by atoms with Gasteiger partial charge in [0, 0.05) is 1.37 Å². The summed E-state index contributed by atoms with van der Waals surface area (Å²) in [6.45, 7) is 0. The van der Waals surface area contributed by atoms with E-state index in [4.69, 9.17) is 1.37 Å². The van der Waals surface area contributed by atoms with E-state index in [1.807, 2.05) is 0 Å². The first-order valence-corrected chi connectivity index (χ1v) is 1.71. The van der Waals surface area contributed by atoms with Crippen molar-refractivity contribution in [2.45, 2.75) is 19.3 Å². The van der Waals surface area contributed by atoms with Crippen LogP contribution in [-0.4, -0.2) is 0 Å². The summed E-state index contributed by atoms with van der Waals surface area (Å²) < 4.78 is 6.83. The number of hydrogen-bond acceptors (Lipinski definition) is 0. The topological polar surface area (TPSA) is 0 Å². The van der Waals surface area contributed by atoms with E-state index >= 15 is 0 Å². The zero-order valence-corrected chi connectivity index (χ0v) is 2.62. The van der Waals surface area contributed by atoms with Crippen LogP contribution >= 0.6 is 0 Å². The van der Waals surface area contributed by atoms with Crippen molar-refractivity contribution in [2.75, 3.05) is 0 Å². The van der Waals surface area contributed by atoms with Crippen LogP contribution in [0, 0.1) is 6.40 Å². The molecule has 1 aliphatic carbocycles. The molecule has 1 saturated carbocycles. The third-order valence-corrected chi connectivity index (χ3v) is 0.707. The summed E-state index contributed by atoms with van der Waals surface area (Å²) in [5.41, 5.74) is 0. The van der Waals surface area contributed by atoms with E-state index in [0.717, 1.165) is 19.2 Å². The average Bonchev–Trinajstić information content (AvgIpc) is 1.30. The van der Waals surface area contributed by atoms with Gasteiger partial charge < -0.3 is 0 Å². The Hall–Kier alpha value is 0. The zero-order valence-electron chi connectivity index (χ0n) is 3.62. The SMILES string of the molecule is [2H][C]1CCC1. The van der Waals surface area contributed by atoms with Crippen LogP contribution in [0.5, 0.6) is 0 Å². The van der Waals surface area contributed by atoms with E-state index in [-0.39, 0.29) is 0 Å². The Labute approximate surface area is 28.2 Å². The second-order valence-electron chi connectivity index (χ2n) is 1.10. The Morgan fingerprint density at radius 1 is 1.75 bits per heavy atom. The monoisotopic (exact) mass is 56.1 g/mol. The number of hydrogen-bond donors (Lipinski definition) is 0. The summed E-state index contributed by atoms with van der Waals surface area (Å²) in [6.07, 6.45) is 4.34. The fraction of sp³-hybridized carbons (Fsp3) is 0.750. The summed E-state index contributed by atoms with van der Waals surface area (Å²) in [6, 6.07) is 0. The minimum atomic E-state index is 0.935. The zero-order chi connectivity index (χ0) is 3.70. The van der Waals surface area contributed by atoms with Crippen molar-refractivity contribution in [1.82, 2.24) is 0 Å². The van der Waals surface area contributed by atoms with Gasteiger partial charge in [-0.2, -0.15) is 0 Å². The van der Waals surface area contributed by atoms with Gasteiger partial charge in [0.2, 0.25) is 0 Å². The molecule has 23 valence electrons. The smallest absolute Gasteiger partial charge is 0.0306 e. The van der Waals surface area contributed by atoms with E-state index in [2.05, 4.69) is 0 Å². The first kappa shape index (κ1) is 1.44. The maximum atomic E-state index is 6.83. The molecule has 1 rings (SSSR count). The molecule has 0 spiro atoms. The van der Waals surface area contributed by atoms with Crippen molar-refractivity contribution in [3.05, 3.63) is 6.40 Å². The molecule has 0 amide bonds. The van der Waals surface area contributed by atoms with Crippen LogP contribution in [-0.2, 0) is 0 Å². The molecule has 0 unspecified atom stereocenters. The van der Waals surface area contributed by atoms with E-state index in [1.165, 1.54) is 6.42 Å². The second-order valence-corrected chi connectivity index (χ2v) is 1.10. The van der Waals surface area contributed by atoms with Crippen molar-refractivity contribution in [3.63, 3.8) is 0 Å². The van der Waals surface area contributed by atoms with Gasteiger partial charge in [-0.3, -0.25) is 0 Å². The average molecular weight is 56.1 g/mol. The minimum absolute atomic E-state index is 0.935. The van der Waals surface area contributed by atoms with Gasteiger partial charge in [0.1, 0.15) is 0 Å². The van der Waals surface area contributed by atoms with Crippen molar-refractivity contribution >= 4 is 0 Å². The van der Waals surface area contributed by atoms with Crippen LogP contribution in [0.3, 0.4) is 0 Å². The summed E-state index contributed by atoms with van der Waals surface area (Å²) in [5.74, 6) is 0.